The summed E-state index contributed by atoms with van der Waals surface area (Å²) >= 11 is 6.61. The van der Waals surface area contributed by atoms with Gasteiger partial charge in [-0.15, -0.1) is 0 Å². The summed E-state index contributed by atoms with van der Waals surface area (Å²) in [7, 11) is -2.12. The molecule has 0 amide bonds. The Morgan fingerprint density at radius 2 is 1.55 bits per heavy atom. The topological polar surface area (TPSA) is 115 Å². The van der Waals surface area contributed by atoms with Gasteiger partial charge in [0.25, 0.3) is 0 Å². The molecule has 0 radical (unpaired) electrons. The second-order valence-electron chi connectivity index (χ2n) is 11.9. The van der Waals surface area contributed by atoms with Crippen molar-refractivity contribution in [1.82, 2.24) is 19.1 Å². The summed E-state index contributed by atoms with van der Waals surface area (Å²) in [4.78, 5) is 11.5. The molecule has 0 aliphatic rings. The first-order valence-electron chi connectivity index (χ1n) is 15.9. The lowest BCUT2D eigenvalue weighted by atomic mass is 9.97. The normalized spacial score (nSPS) is 11.8. The fourth-order valence-electron chi connectivity index (χ4n) is 6.50. The van der Waals surface area contributed by atoms with Crippen LogP contribution in [0.4, 0.5) is 0 Å². The molecule has 6 rings (SSSR count). The molecule has 4 aromatic carbocycles. The molecule has 0 fully saturated rings. The fraction of sp³-hybridized carbons (Fsp3) is 0.211. The van der Waals surface area contributed by atoms with Crippen LogP contribution in [0.15, 0.2) is 108 Å². The molecule has 0 aliphatic carbocycles. The van der Waals surface area contributed by atoms with Gasteiger partial charge in [-0.05, 0) is 73.0 Å². The third kappa shape index (κ3) is 7.12. The number of aromatic nitrogens is 3. The number of halogens is 1. The van der Waals surface area contributed by atoms with Crippen LogP contribution in [-0.4, -0.2) is 47.0 Å². The van der Waals surface area contributed by atoms with Gasteiger partial charge in [0.15, 0.2) is 0 Å². The van der Waals surface area contributed by atoms with E-state index in [2.05, 4.69) is 38.7 Å². The average Bonchev–Trinajstić information content (AvgIpc) is 3.52. The zero-order valence-electron chi connectivity index (χ0n) is 27.4. The predicted molar refractivity (Wildman–Crippen MR) is 191 cm³/mol. The van der Waals surface area contributed by atoms with Crippen molar-refractivity contribution in [3.05, 3.63) is 147 Å². The van der Waals surface area contributed by atoms with Gasteiger partial charge in [0.05, 0.1) is 29.6 Å². The van der Waals surface area contributed by atoms with Crippen molar-refractivity contribution >= 4 is 38.5 Å². The maximum Gasteiger partial charge on any atom is 0.335 e. The van der Waals surface area contributed by atoms with Crippen molar-refractivity contribution in [1.29, 1.82) is 0 Å². The molecular weight excluding hydrogens is 660 g/mol. The molecule has 0 atom stereocenters. The van der Waals surface area contributed by atoms with Crippen molar-refractivity contribution in [2.75, 3.05) is 13.2 Å². The molecule has 0 spiro atoms. The maximum absolute atomic E-state index is 13.6. The minimum atomic E-state index is -3.85. The first-order chi connectivity index (χ1) is 23.5. The molecule has 0 aliphatic heterocycles. The number of fused-ring (bicyclic) bond motifs is 1. The van der Waals surface area contributed by atoms with Crippen LogP contribution in [0.1, 0.15) is 50.2 Å². The van der Waals surface area contributed by atoms with Crippen molar-refractivity contribution < 1.29 is 23.1 Å². The summed E-state index contributed by atoms with van der Waals surface area (Å²) < 4.78 is 40.0. The number of rotatable bonds is 13. The van der Waals surface area contributed by atoms with E-state index >= 15 is 0 Å². The van der Waals surface area contributed by atoms with Crippen LogP contribution in [0.25, 0.3) is 10.9 Å². The van der Waals surface area contributed by atoms with Crippen molar-refractivity contribution in [3.63, 3.8) is 0 Å². The van der Waals surface area contributed by atoms with Gasteiger partial charge in [0.2, 0.25) is 10.0 Å². The zero-order chi connectivity index (χ0) is 34.7. The SMILES string of the molecule is Cc1nn(C)c(C)c1S(=O)(=O)NCCc1c(CCOc2ccc(C(=O)O)cc2)c2cc(Cl)ccc2n1C(c1ccccc1)c1ccccc1. The second-order valence-corrected chi connectivity index (χ2v) is 14.0. The van der Waals surface area contributed by atoms with Crippen LogP contribution in [0.5, 0.6) is 5.75 Å². The van der Waals surface area contributed by atoms with Gasteiger partial charge in [0, 0.05) is 48.1 Å². The molecule has 0 unspecified atom stereocenters. The number of nitrogens with zero attached hydrogens (tertiary/aromatic N) is 3. The molecule has 2 heterocycles. The Morgan fingerprint density at radius 1 is 0.918 bits per heavy atom. The number of ether oxygens (including phenoxy) is 1. The largest absolute Gasteiger partial charge is 0.493 e. The lowest BCUT2D eigenvalue weighted by Crippen LogP contribution is -2.28. The van der Waals surface area contributed by atoms with Crippen LogP contribution in [0.2, 0.25) is 5.02 Å². The zero-order valence-corrected chi connectivity index (χ0v) is 29.0. The third-order valence-electron chi connectivity index (χ3n) is 8.76. The van der Waals surface area contributed by atoms with Crippen LogP contribution in [0.3, 0.4) is 0 Å². The number of hydrogen-bond donors (Lipinski definition) is 2. The van der Waals surface area contributed by atoms with Crippen molar-refractivity contribution in [2.24, 2.45) is 7.05 Å². The molecule has 9 nitrogen and oxygen atoms in total. The first kappa shape index (κ1) is 34.0. The number of carboxylic acids is 1. The van der Waals surface area contributed by atoms with E-state index in [9.17, 15) is 18.3 Å². The quantitative estimate of drug-likeness (QED) is 0.133. The number of aryl methyl sites for hydroxylation is 2. The summed E-state index contributed by atoms with van der Waals surface area (Å²) in [6.45, 7) is 3.88. The summed E-state index contributed by atoms with van der Waals surface area (Å²) in [5.74, 6) is -0.452. The highest BCUT2D eigenvalue weighted by Crippen LogP contribution is 2.38. The number of hydrogen-bond acceptors (Lipinski definition) is 5. The highest BCUT2D eigenvalue weighted by molar-refractivity contribution is 7.89. The number of carboxylic acid groups (broad SMARTS) is 1. The van der Waals surface area contributed by atoms with Crippen molar-refractivity contribution in [3.8, 4) is 5.75 Å². The average molecular weight is 697 g/mol. The fourth-order valence-corrected chi connectivity index (χ4v) is 8.13. The highest BCUT2D eigenvalue weighted by Gasteiger charge is 2.27. The first-order valence-corrected chi connectivity index (χ1v) is 17.8. The minimum absolute atomic E-state index is 0.140. The Hall–Kier alpha value is -4.90. The van der Waals surface area contributed by atoms with E-state index in [0.717, 1.165) is 33.3 Å². The van der Waals surface area contributed by atoms with Gasteiger partial charge in [-0.1, -0.05) is 72.3 Å². The van der Waals surface area contributed by atoms with Crippen LogP contribution < -0.4 is 9.46 Å². The van der Waals surface area contributed by atoms with Gasteiger partial charge < -0.3 is 14.4 Å². The third-order valence-corrected chi connectivity index (χ3v) is 10.7. The Bertz CT molecular complexity index is 2170. The smallest absolute Gasteiger partial charge is 0.335 e. The van der Waals surface area contributed by atoms with E-state index in [-0.39, 0.29) is 23.0 Å². The van der Waals surface area contributed by atoms with E-state index in [1.807, 2.05) is 54.6 Å². The van der Waals surface area contributed by atoms with Gasteiger partial charge in [0.1, 0.15) is 10.6 Å². The molecule has 252 valence electrons. The number of carbonyl (C=O) groups is 1. The van der Waals surface area contributed by atoms with Gasteiger partial charge in [-0.3, -0.25) is 4.68 Å². The monoisotopic (exact) mass is 696 g/mol. The Kier molecular flexibility index (Phi) is 9.91. The lowest BCUT2D eigenvalue weighted by molar-refractivity contribution is 0.0697. The number of benzene rings is 4. The van der Waals surface area contributed by atoms with Crippen LogP contribution >= 0.6 is 11.6 Å². The van der Waals surface area contributed by atoms with Gasteiger partial charge >= 0.3 is 5.97 Å². The van der Waals surface area contributed by atoms with Gasteiger partial charge in [-0.2, -0.15) is 5.10 Å². The minimum Gasteiger partial charge on any atom is -0.493 e. The molecule has 2 N–H and O–H groups in total. The molecule has 0 saturated heterocycles. The molecule has 49 heavy (non-hydrogen) atoms. The number of aromatic carboxylic acids is 1. The number of nitrogens with one attached hydrogen (secondary N) is 1. The molecule has 0 saturated carbocycles. The molecule has 6 aromatic rings. The van der Waals surface area contributed by atoms with E-state index in [4.69, 9.17) is 16.3 Å². The van der Waals surface area contributed by atoms with Crippen molar-refractivity contribution in [2.45, 2.75) is 37.6 Å². The van der Waals surface area contributed by atoms with E-state index in [1.165, 1.54) is 12.1 Å². The van der Waals surface area contributed by atoms with E-state index in [1.54, 1.807) is 37.7 Å². The molecule has 11 heteroatoms. The van der Waals surface area contributed by atoms with Gasteiger partial charge in [-0.25, -0.2) is 17.9 Å². The molecule has 0 bridgehead atoms. The summed E-state index contributed by atoms with van der Waals surface area (Å²) in [5, 5.41) is 15.1. The second kappa shape index (κ2) is 14.3. The Labute approximate surface area is 290 Å². The summed E-state index contributed by atoms with van der Waals surface area (Å²) in [6, 6.07) is 32.4. The van der Waals surface area contributed by atoms with Crippen LogP contribution in [0, 0.1) is 13.8 Å². The Morgan fingerprint density at radius 3 is 2.12 bits per heavy atom. The van der Waals surface area contributed by atoms with E-state index in [0.29, 0.717) is 41.6 Å². The number of sulfonamides is 1. The summed E-state index contributed by atoms with van der Waals surface area (Å²) in [5.41, 5.74) is 6.23. The standard InChI is InChI=1S/C38H37ClN4O5S/c1-25-37(26(2)42(3)41-25)49(46,47)40-22-20-35-32(21-23-48-31-17-14-29(15-18-31)38(44)45)33-24-30(39)16-19-34(33)43(35)36(27-10-6-4-7-11-27)28-12-8-5-9-13-28/h4-19,24,36,40H,20-23H2,1-3H3,(H,44,45). The Balaban J connectivity index is 1.44. The highest BCUT2D eigenvalue weighted by atomic mass is 35.5. The molecule has 2 aromatic heterocycles. The predicted octanol–water partition coefficient (Wildman–Crippen LogP) is 7.12. The lowest BCUT2D eigenvalue weighted by Gasteiger charge is -2.25. The maximum atomic E-state index is 13.6. The van der Waals surface area contributed by atoms with E-state index < -0.39 is 16.0 Å². The summed E-state index contributed by atoms with van der Waals surface area (Å²) in [6.07, 6.45) is 0.867. The van der Waals surface area contributed by atoms with Crippen LogP contribution in [-0.2, 0) is 29.9 Å². The molecular formula is C38H37ClN4O5S.